The average molecular weight is 356 g/mol. The number of alkyl halides is 1. The van der Waals surface area contributed by atoms with Crippen LogP contribution >= 0.6 is 11.6 Å². The van der Waals surface area contributed by atoms with Crippen molar-refractivity contribution in [2.45, 2.75) is 67.7 Å². The van der Waals surface area contributed by atoms with Gasteiger partial charge in [-0.1, -0.05) is 0 Å². The molecule has 2 aliphatic carbocycles. The van der Waals surface area contributed by atoms with Crippen LogP contribution in [-0.4, -0.2) is 65.7 Å². The fraction of sp³-hybridized carbons (Fsp3) is 0.944. The van der Waals surface area contributed by atoms with Gasteiger partial charge in [-0.15, -0.1) is 11.6 Å². The summed E-state index contributed by atoms with van der Waals surface area (Å²) < 4.78 is 5.73. The Labute approximate surface area is 149 Å². The number of amidine groups is 1. The number of nitrogens with zero attached hydrogens (tertiary/aromatic N) is 2. The van der Waals surface area contributed by atoms with Crippen LogP contribution in [0.5, 0.6) is 0 Å². The molecule has 2 aliphatic heterocycles. The first-order valence-electron chi connectivity index (χ1n) is 9.38. The number of fused-ring (bicyclic) bond motifs is 2. The van der Waals surface area contributed by atoms with Gasteiger partial charge < -0.3 is 20.5 Å². The molecule has 0 radical (unpaired) electrons. The summed E-state index contributed by atoms with van der Waals surface area (Å²) in [5, 5.41) is 12.0. The summed E-state index contributed by atoms with van der Waals surface area (Å²) in [7, 11) is 3.97. The van der Waals surface area contributed by atoms with E-state index in [0.717, 1.165) is 38.6 Å². The number of nitrogens with two attached hydrogens (primary N) is 1. The van der Waals surface area contributed by atoms with Gasteiger partial charge in [-0.05, 0) is 58.0 Å². The second kappa shape index (κ2) is 6.11. The van der Waals surface area contributed by atoms with Gasteiger partial charge in [0.1, 0.15) is 11.4 Å². The summed E-state index contributed by atoms with van der Waals surface area (Å²) in [6.45, 7) is 1.08. The SMILES string of the molecule is COC1CC2CCN(C)C2C(C2(O)C(N)=NC3CCC(Cl)CC32)C1. The lowest BCUT2D eigenvalue weighted by Crippen LogP contribution is -2.62. The Balaban J connectivity index is 1.69. The van der Waals surface area contributed by atoms with E-state index in [4.69, 9.17) is 22.1 Å². The predicted molar refractivity (Wildman–Crippen MR) is 95.4 cm³/mol. The van der Waals surface area contributed by atoms with E-state index in [9.17, 15) is 5.11 Å². The molecule has 0 bridgehead atoms. The minimum Gasteiger partial charge on any atom is -0.385 e. The van der Waals surface area contributed by atoms with Crippen molar-refractivity contribution in [3.63, 3.8) is 0 Å². The van der Waals surface area contributed by atoms with E-state index >= 15 is 0 Å². The van der Waals surface area contributed by atoms with Crippen molar-refractivity contribution in [3.8, 4) is 0 Å². The Morgan fingerprint density at radius 2 is 2.04 bits per heavy atom. The van der Waals surface area contributed by atoms with Crippen LogP contribution in [0.3, 0.4) is 0 Å². The largest absolute Gasteiger partial charge is 0.385 e. The van der Waals surface area contributed by atoms with E-state index in [1.165, 1.54) is 6.42 Å². The molecule has 5 nitrogen and oxygen atoms in total. The molecule has 4 rings (SSSR count). The lowest BCUT2D eigenvalue weighted by molar-refractivity contribution is -0.0928. The second-order valence-corrected chi connectivity index (χ2v) is 9.00. The highest BCUT2D eigenvalue weighted by atomic mass is 35.5. The highest BCUT2D eigenvalue weighted by Crippen LogP contribution is 2.52. The molecular formula is C18H30ClN3O2. The molecule has 1 saturated heterocycles. The second-order valence-electron chi connectivity index (χ2n) is 8.38. The third kappa shape index (κ3) is 2.43. The number of likely N-dealkylation sites (tertiary alicyclic amines) is 1. The van der Waals surface area contributed by atoms with Gasteiger partial charge in [0.15, 0.2) is 0 Å². The van der Waals surface area contributed by atoms with Crippen LogP contribution in [0.1, 0.15) is 38.5 Å². The minimum absolute atomic E-state index is 0.0593. The molecule has 0 aromatic carbocycles. The Hall–Kier alpha value is -0.360. The number of ether oxygens (including phenoxy) is 1. The molecule has 2 saturated carbocycles. The first kappa shape index (κ1) is 17.1. The lowest BCUT2D eigenvalue weighted by atomic mass is 9.62. The van der Waals surface area contributed by atoms with Crippen molar-refractivity contribution in [1.82, 2.24) is 4.90 Å². The van der Waals surface area contributed by atoms with E-state index in [-0.39, 0.29) is 29.4 Å². The predicted octanol–water partition coefficient (Wildman–Crippen LogP) is 1.61. The molecule has 0 amide bonds. The molecule has 136 valence electrons. The number of hydrogen-bond donors (Lipinski definition) is 2. The molecule has 4 aliphatic rings. The Morgan fingerprint density at radius 1 is 1.25 bits per heavy atom. The summed E-state index contributed by atoms with van der Waals surface area (Å²) in [6.07, 6.45) is 6.03. The zero-order valence-corrected chi connectivity index (χ0v) is 15.5. The van der Waals surface area contributed by atoms with Gasteiger partial charge in [0.2, 0.25) is 0 Å². The van der Waals surface area contributed by atoms with Crippen molar-refractivity contribution in [1.29, 1.82) is 0 Å². The topological polar surface area (TPSA) is 71.1 Å². The van der Waals surface area contributed by atoms with E-state index in [1.807, 2.05) is 0 Å². The van der Waals surface area contributed by atoms with Gasteiger partial charge in [0, 0.05) is 30.4 Å². The van der Waals surface area contributed by atoms with Crippen LogP contribution < -0.4 is 5.73 Å². The molecule has 8 unspecified atom stereocenters. The molecular weight excluding hydrogens is 326 g/mol. The van der Waals surface area contributed by atoms with E-state index in [0.29, 0.717) is 17.8 Å². The van der Waals surface area contributed by atoms with Crippen molar-refractivity contribution in [2.75, 3.05) is 20.7 Å². The third-order valence-corrected chi connectivity index (χ3v) is 7.66. The summed E-state index contributed by atoms with van der Waals surface area (Å²) in [6, 6.07) is 0.502. The summed E-state index contributed by atoms with van der Waals surface area (Å²) in [5.41, 5.74) is 5.33. The first-order chi connectivity index (χ1) is 11.4. The fourth-order valence-electron chi connectivity index (χ4n) is 6.10. The molecule has 8 atom stereocenters. The summed E-state index contributed by atoms with van der Waals surface area (Å²) in [5.74, 6) is 1.16. The Bertz CT molecular complexity index is 530. The third-order valence-electron chi connectivity index (χ3n) is 7.27. The maximum Gasteiger partial charge on any atom is 0.130 e. The maximum atomic E-state index is 11.9. The molecule has 2 heterocycles. The molecule has 0 aromatic heterocycles. The number of aliphatic hydroxyl groups is 1. The van der Waals surface area contributed by atoms with Crippen molar-refractivity contribution in [2.24, 2.45) is 28.5 Å². The molecule has 3 N–H and O–H groups in total. The Kier molecular flexibility index (Phi) is 4.35. The summed E-state index contributed by atoms with van der Waals surface area (Å²) >= 11 is 6.46. The van der Waals surface area contributed by atoms with Crippen molar-refractivity contribution < 1.29 is 9.84 Å². The van der Waals surface area contributed by atoms with E-state index < -0.39 is 5.60 Å². The monoisotopic (exact) mass is 355 g/mol. The summed E-state index contributed by atoms with van der Waals surface area (Å²) in [4.78, 5) is 7.11. The number of hydrogen-bond acceptors (Lipinski definition) is 5. The van der Waals surface area contributed by atoms with Crippen molar-refractivity contribution >= 4 is 17.4 Å². The quantitative estimate of drug-likeness (QED) is 0.738. The molecule has 0 spiro atoms. The molecule has 3 fully saturated rings. The number of methoxy groups -OCH3 is 1. The highest BCUT2D eigenvalue weighted by molar-refractivity contribution is 6.20. The standard InChI is InChI=1S/C18H30ClN3O2/c1-22-6-5-10-7-12(24-2)9-14(16(10)22)18(23)13-8-11(19)3-4-15(13)21-17(18)20/h10-16,23H,3-9H2,1-2H3,(H2,20,21). The van der Waals surface area contributed by atoms with Crippen LogP contribution in [-0.2, 0) is 4.74 Å². The normalized spacial score (nSPS) is 52.0. The smallest absolute Gasteiger partial charge is 0.130 e. The zero-order valence-electron chi connectivity index (χ0n) is 14.7. The maximum absolute atomic E-state index is 11.9. The van der Waals surface area contributed by atoms with Gasteiger partial charge in [0.25, 0.3) is 0 Å². The van der Waals surface area contributed by atoms with Crippen LogP contribution in [0.15, 0.2) is 4.99 Å². The van der Waals surface area contributed by atoms with E-state index in [1.54, 1.807) is 7.11 Å². The molecule has 24 heavy (non-hydrogen) atoms. The van der Waals surface area contributed by atoms with Gasteiger partial charge in [-0.25, -0.2) is 0 Å². The molecule has 0 aromatic rings. The highest BCUT2D eigenvalue weighted by Gasteiger charge is 2.61. The number of aliphatic imine (C=N–C) groups is 1. The van der Waals surface area contributed by atoms with Gasteiger partial charge >= 0.3 is 0 Å². The van der Waals surface area contributed by atoms with Crippen LogP contribution in [0.25, 0.3) is 0 Å². The fourth-order valence-corrected chi connectivity index (χ4v) is 6.42. The Morgan fingerprint density at radius 3 is 2.79 bits per heavy atom. The van der Waals surface area contributed by atoms with Crippen molar-refractivity contribution in [3.05, 3.63) is 0 Å². The number of rotatable bonds is 2. The molecule has 6 heteroatoms. The number of halogens is 1. The zero-order chi connectivity index (χ0) is 17.1. The van der Waals surface area contributed by atoms with E-state index in [2.05, 4.69) is 16.9 Å². The van der Waals surface area contributed by atoms with Gasteiger partial charge in [-0.2, -0.15) is 0 Å². The first-order valence-corrected chi connectivity index (χ1v) is 9.82. The van der Waals surface area contributed by atoms with Crippen LogP contribution in [0, 0.1) is 17.8 Å². The minimum atomic E-state index is -1.03. The average Bonchev–Trinajstić information content (AvgIpc) is 3.06. The van der Waals surface area contributed by atoms with Crippen LogP contribution in [0.2, 0.25) is 0 Å². The van der Waals surface area contributed by atoms with Gasteiger partial charge in [0.05, 0.1) is 12.1 Å². The van der Waals surface area contributed by atoms with Gasteiger partial charge in [-0.3, -0.25) is 4.99 Å². The lowest BCUT2D eigenvalue weighted by Gasteiger charge is -2.50. The van der Waals surface area contributed by atoms with Crippen LogP contribution in [0.4, 0.5) is 0 Å².